The summed E-state index contributed by atoms with van der Waals surface area (Å²) in [5.74, 6) is 0. The Labute approximate surface area is 131 Å². The van der Waals surface area contributed by atoms with Gasteiger partial charge in [-0.2, -0.15) is 0 Å². The lowest BCUT2D eigenvalue weighted by Crippen LogP contribution is -1.93. The third kappa shape index (κ3) is 3.07. The molecule has 1 atom stereocenters. The summed E-state index contributed by atoms with van der Waals surface area (Å²) in [6, 6.07) is 7.83. The van der Waals surface area contributed by atoms with E-state index in [2.05, 4.69) is 31.9 Å². The van der Waals surface area contributed by atoms with Crippen LogP contribution in [0.5, 0.6) is 0 Å². The van der Waals surface area contributed by atoms with Crippen molar-refractivity contribution in [3.8, 4) is 0 Å². The fourth-order valence-electron chi connectivity index (χ4n) is 1.53. The molecule has 1 aromatic carbocycles. The molecule has 0 aliphatic rings. The number of aryl methyl sites for hydroxylation is 1. The van der Waals surface area contributed by atoms with E-state index in [4.69, 9.17) is 23.2 Å². The molecule has 0 nitrogen and oxygen atoms in total. The summed E-state index contributed by atoms with van der Waals surface area (Å²) < 4.78 is 2.08. The first kappa shape index (κ1) is 13.9. The van der Waals surface area contributed by atoms with Crippen molar-refractivity contribution in [2.24, 2.45) is 0 Å². The molecular formula is C12H8Br2Cl2S. The van der Waals surface area contributed by atoms with Crippen molar-refractivity contribution in [2.75, 3.05) is 0 Å². The third-order valence-electron chi connectivity index (χ3n) is 2.43. The first-order valence-electron chi connectivity index (χ1n) is 4.84. The van der Waals surface area contributed by atoms with Crippen LogP contribution in [0.25, 0.3) is 0 Å². The molecule has 0 saturated carbocycles. The molecule has 0 bridgehead atoms. The van der Waals surface area contributed by atoms with Crippen LogP contribution in [0, 0.1) is 6.92 Å². The number of hydrogen-bond donors (Lipinski definition) is 0. The molecule has 17 heavy (non-hydrogen) atoms. The lowest BCUT2D eigenvalue weighted by molar-refractivity contribution is 1.14. The Bertz CT molecular complexity index is 532. The van der Waals surface area contributed by atoms with E-state index in [9.17, 15) is 0 Å². The van der Waals surface area contributed by atoms with Gasteiger partial charge in [0.05, 0.1) is 9.16 Å². The maximum atomic E-state index is 6.50. The molecular weight excluding hydrogens is 407 g/mol. The van der Waals surface area contributed by atoms with E-state index in [0.29, 0.717) is 5.02 Å². The highest BCUT2D eigenvalue weighted by molar-refractivity contribution is 9.13. The summed E-state index contributed by atoms with van der Waals surface area (Å²) in [5.41, 5.74) is 2.20. The average Bonchev–Trinajstić information content (AvgIpc) is 2.62. The van der Waals surface area contributed by atoms with Gasteiger partial charge in [-0.05, 0) is 68.1 Å². The highest BCUT2D eigenvalue weighted by Crippen LogP contribution is 2.41. The third-order valence-corrected chi connectivity index (χ3v) is 6.58. The van der Waals surface area contributed by atoms with Crippen molar-refractivity contribution < 1.29 is 0 Å². The Kier molecular flexibility index (Phi) is 4.59. The predicted molar refractivity (Wildman–Crippen MR) is 83.6 cm³/mol. The number of hydrogen-bond acceptors (Lipinski definition) is 1. The van der Waals surface area contributed by atoms with Gasteiger partial charge in [-0.3, -0.25) is 0 Å². The smallest absolute Gasteiger partial charge is 0.0931 e. The van der Waals surface area contributed by atoms with Gasteiger partial charge in [-0.25, -0.2) is 0 Å². The van der Waals surface area contributed by atoms with E-state index < -0.39 is 0 Å². The van der Waals surface area contributed by atoms with E-state index in [0.717, 1.165) is 24.3 Å². The van der Waals surface area contributed by atoms with E-state index in [1.165, 1.54) is 0 Å². The van der Waals surface area contributed by atoms with Crippen molar-refractivity contribution >= 4 is 66.4 Å². The largest absolute Gasteiger partial charge is 0.130 e. The van der Waals surface area contributed by atoms with E-state index >= 15 is 0 Å². The van der Waals surface area contributed by atoms with Crippen LogP contribution in [0.1, 0.15) is 21.4 Å². The van der Waals surface area contributed by atoms with Crippen LogP contribution in [0.2, 0.25) is 5.02 Å². The Morgan fingerprint density at radius 2 is 1.94 bits per heavy atom. The average molecular weight is 415 g/mol. The number of halogens is 4. The van der Waals surface area contributed by atoms with Gasteiger partial charge in [0.25, 0.3) is 0 Å². The SMILES string of the molecule is Cc1ccc(Cl)cc1C(Cl)c1cc(Br)c(Br)s1. The van der Waals surface area contributed by atoms with Crippen LogP contribution in [0.15, 0.2) is 32.5 Å². The molecule has 0 aliphatic heterocycles. The predicted octanol–water partition coefficient (Wildman–Crippen LogP) is 6.56. The molecule has 0 aliphatic carbocycles. The summed E-state index contributed by atoms with van der Waals surface area (Å²) in [6.07, 6.45) is 0. The van der Waals surface area contributed by atoms with Crippen LogP contribution >= 0.6 is 66.4 Å². The second-order valence-corrected chi connectivity index (χ2v) is 7.76. The van der Waals surface area contributed by atoms with Crippen LogP contribution in [0.4, 0.5) is 0 Å². The molecule has 2 aromatic rings. The molecule has 1 aromatic heterocycles. The molecule has 0 N–H and O–H groups in total. The highest BCUT2D eigenvalue weighted by Gasteiger charge is 2.17. The molecule has 90 valence electrons. The lowest BCUT2D eigenvalue weighted by Gasteiger charge is -2.11. The van der Waals surface area contributed by atoms with Crippen molar-refractivity contribution in [1.82, 2.24) is 0 Å². The summed E-state index contributed by atoms with van der Waals surface area (Å²) in [7, 11) is 0. The maximum absolute atomic E-state index is 6.50. The van der Waals surface area contributed by atoms with Crippen molar-refractivity contribution in [1.29, 1.82) is 0 Å². The normalized spacial score (nSPS) is 12.8. The minimum absolute atomic E-state index is 0.165. The van der Waals surface area contributed by atoms with Gasteiger partial charge in [-0.15, -0.1) is 22.9 Å². The van der Waals surface area contributed by atoms with E-state index in [1.807, 2.05) is 31.2 Å². The van der Waals surface area contributed by atoms with Crippen LogP contribution in [0.3, 0.4) is 0 Å². The zero-order valence-electron chi connectivity index (χ0n) is 8.81. The summed E-state index contributed by atoms with van der Waals surface area (Å²) in [4.78, 5) is 1.09. The first-order valence-corrected chi connectivity index (χ1v) is 8.05. The fraction of sp³-hybridized carbons (Fsp3) is 0.167. The van der Waals surface area contributed by atoms with Gasteiger partial charge < -0.3 is 0 Å². The minimum Gasteiger partial charge on any atom is -0.130 e. The molecule has 1 unspecified atom stereocenters. The first-order chi connectivity index (χ1) is 7.99. The van der Waals surface area contributed by atoms with Gasteiger partial charge in [-0.1, -0.05) is 17.7 Å². The molecule has 0 saturated heterocycles. The fourth-order valence-corrected chi connectivity index (χ4v) is 4.22. The van der Waals surface area contributed by atoms with Gasteiger partial charge in [0.1, 0.15) is 0 Å². The molecule has 0 radical (unpaired) electrons. The zero-order valence-corrected chi connectivity index (χ0v) is 14.3. The number of rotatable bonds is 2. The van der Waals surface area contributed by atoms with Crippen molar-refractivity contribution in [3.63, 3.8) is 0 Å². The lowest BCUT2D eigenvalue weighted by atomic mass is 10.0. The van der Waals surface area contributed by atoms with E-state index in [-0.39, 0.29) is 5.38 Å². The van der Waals surface area contributed by atoms with Gasteiger partial charge in [0.2, 0.25) is 0 Å². The van der Waals surface area contributed by atoms with Gasteiger partial charge in [0, 0.05) is 14.4 Å². The molecule has 0 amide bonds. The number of alkyl halides is 1. The Balaban J connectivity index is 2.42. The van der Waals surface area contributed by atoms with Crippen molar-refractivity contribution in [3.05, 3.63) is 53.6 Å². The topological polar surface area (TPSA) is 0 Å². The summed E-state index contributed by atoms with van der Waals surface area (Å²) in [5, 5.41) is 0.548. The number of benzene rings is 1. The number of thiophene rings is 1. The van der Waals surface area contributed by atoms with E-state index in [1.54, 1.807) is 11.3 Å². The van der Waals surface area contributed by atoms with Crippen LogP contribution in [-0.4, -0.2) is 0 Å². The highest BCUT2D eigenvalue weighted by atomic mass is 79.9. The minimum atomic E-state index is -0.165. The van der Waals surface area contributed by atoms with Crippen molar-refractivity contribution in [2.45, 2.75) is 12.3 Å². The maximum Gasteiger partial charge on any atom is 0.0931 e. The molecule has 1 heterocycles. The second-order valence-electron chi connectivity index (χ2n) is 3.63. The molecule has 0 spiro atoms. The quantitative estimate of drug-likeness (QED) is 0.488. The summed E-state index contributed by atoms with van der Waals surface area (Å²) in [6.45, 7) is 2.04. The zero-order chi connectivity index (χ0) is 12.6. The Morgan fingerprint density at radius 3 is 2.53 bits per heavy atom. The summed E-state index contributed by atoms with van der Waals surface area (Å²) >= 11 is 21.1. The standard InChI is InChI=1S/C12H8Br2Cl2S/c1-6-2-3-7(15)4-8(6)11(16)10-5-9(13)12(14)17-10/h2-5,11H,1H3. The Hall–Kier alpha value is 0.460. The molecule has 2 rings (SSSR count). The molecule has 0 fully saturated rings. The van der Waals surface area contributed by atoms with Crippen LogP contribution < -0.4 is 0 Å². The second kappa shape index (κ2) is 5.62. The van der Waals surface area contributed by atoms with Gasteiger partial charge >= 0.3 is 0 Å². The Morgan fingerprint density at radius 1 is 1.24 bits per heavy atom. The monoisotopic (exact) mass is 412 g/mol. The van der Waals surface area contributed by atoms with Gasteiger partial charge in [0.15, 0.2) is 0 Å². The van der Waals surface area contributed by atoms with Crippen LogP contribution in [-0.2, 0) is 0 Å². The molecule has 5 heteroatoms.